The standard InChI is InChI=1S/C16H7ClF6O2/c17-10-1-2-11(14(5-10)16(21,22)23)12-3-8(6-24)9(7-25)4-13(12)15(18,19)20/h1-7H. The van der Waals surface area contributed by atoms with Gasteiger partial charge < -0.3 is 0 Å². The van der Waals surface area contributed by atoms with Gasteiger partial charge in [0.15, 0.2) is 12.6 Å². The average molecular weight is 381 g/mol. The summed E-state index contributed by atoms with van der Waals surface area (Å²) in [5.41, 5.74) is -5.56. The molecule has 2 aromatic carbocycles. The Morgan fingerprint density at radius 3 is 1.68 bits per heavy atom. The molecule has 0 aromatic heterocycles. The second-order valence-electron chi connectivity index (χ2n) is 4.95. The molecule has 9 heteroatoms. The minimum absolute atomic E-state index is 0.0231. The van der Waals surface area contributed by atoms with Crippen molar-refractivity contribution in [3.8, 4) is 11.1 Å². The van der Waals surface area contributed by atoms with Crippen LogP contribution in [0.25, 0.3) is 11.1 Å². The van der Waals surface area contributed by atoms with Gasteiger partial charge in [0, 0.05) is 16.1 Å². The van der Waals surface area contributed by atoms with Gasteiger partial charge in [-0.3, -0.25) is 9.59 Å². The minimum atomic E-state index is -5.04. The fourth-order valence-electron chi connectivity index (χ4n) is 2.28. The maximum absolute atomic E-state index is 13.3. The molecule has 132 valence electrons. The second-order valence-corrected chi connectivity index (χ2v) is 5.38. The summed E-state index contributed by atoms with van der Waals surface area (Å²) in [6, 6.07) is 3.23. The Bertz CT molecular complexity index is 840. The van der Waals surface area contributed by atoms with E-state index in [-0.39, 0.29) is 17.6 Å². The quantitative estimate of drug-likeness (QED) is 0.508. The predicted molar refractivity (Wildman–Crippen MR) is 77.7 cm³/mol. The molecule has 0 bridgehead atoms. The molecule has 0 saturated carbocycles. The van der Waals surface area contributed by atoms with E-state index < -0.39 is 45.7 Å². The molecule has 0 fully saturated rings. The number of halogens is 7. The molecule has 0 aliphatic heterocycles. The average Bonchev–Trinajstić information content (AvgIpc) is 2.51. The first-order valence-corrected chi connectivity index (χ1v) is 6.89. The van der Waals surface area contributed by atoms with Crippen LogP contribution >= 0.6 is 11.6 Å². The summed E-state index contributed by atoms with van der Waals surface area (Å²) >= 11 is 5.52. The lowest BCUT2D eigenvalue weighted by Gasteiger charge is -2.19. The van der Waals surface area contributed by atoms with Crippen molar-refractivity contribution < 1.29 is 35.9 Å². The number of hydrogen-bond donors (Lipinski definition) is 0. The van der Waals surface area contributed by atoms with Crippen molar-refractivity contribution in [2.24, 2.45) is 0 Å². The van der Waals surface area contributed by atoms with Gasteiger partial charge in [-0.2, -0.15) is 26.3 Å². The molecule has 2 rings (SSSR count). The first kappa shape index (κ1) is 19.0. The highest BCUT2D eigenvalue weighted by Gasteiger charge is 2.39. The van der Waals surface area contributed by atoms with Crippen LogP contribution in [0.5, 0.6) is 0 Å². The number of hydrogen-bond acceptors (Lipinski definition) is 2. The van der Waals surface area contributed by atoms with Crippen molar-refractivity contribution in [3.63, 3.8) is 0 Å². The third-order valence-electron chi connectivity index (χ3n) is 3.36. The Labute approximate surface area is 142 Å². The van der Waals surface area contributed by atoms with Crippen LogP contribution in [0.15, 0.2) is 30.3 Å². The zero-order chi connectivity index (χ0) is 19.0. The van der Waals surface area contributed by atoms with E-state index in [1.165, 1.54) is 0 Å². The fraction of sp³-hybridized carbons (Fsp3) is 0.125. The smallest absolute Gasteiger partial charge is 0.298 e. The van der Waals surface area contributed by atoms with Crippen LogP contribution < -0.4 is 0 Å². The molecule has 2 nitrogen and oxygen atoms in total. The number of rotatable bonds is 3. The molecule has 0 radical (unpaired) electrons. The third kappa shape index (κ3) is 3.84. The van der Waals surface area contributed by atoms with Gasteiger partial charge in [-0.05, 0) is 35.4 Å². The van der Waals surface area contributed by atoms with Crippen molar-refractivity contribution in [2.75, 3.05) is 0 Å². The monoisotopic (exact) mass is 380 g/mol. The number of benzene rings is 2. The molecule has 0 spiro atoms. The number of alkyl halides is 6. The molecular formula is C16H7ClF6O2. The van der Waals surface area contributed by atoms with E-state index in [0.717, 1.165) is 12.1 Å². The van der Waals surface area contributed by atoms with Crippen LogP contribution in [0.1, 0.15) is 31.8 Å². The zero-order valence-corrected chi connectivity index (χ0v) is 12.8. The highest BCUT2D eigenvalue weighted by Crippen LogP contribution is 2.44. The fourth-order valence-corrected chi connectivity index (χ4v) is 2.45. The van der Waals surface area contributed by atoms with Crippen LogP contribution in [0.4, 0.5) is 26.3 Å². The van der Waals surface area contributed by atoms with Crippen LogP contribution in [0.2, 0.25) is 5.02 Å². The van der Waals surface area contributed by atoms with E-state index >= 15 is 0 Å². The van der Waals surface area contributed by atoms with Gasteiger partial charge in [-0.1, -0.05) is 17.7 Å². The largest absolute Gasteiger partial charge is 0.417 e. The van der Waals surface area contributed by atoms with Gasteiger partial charge in [-0.25, -0.2) is 0 Å². The van der Waals surface area contributed by atoms with Crippen molar-refractivity contribution in [1.29, 1.82) is 0 Å². The summed E-state index contributed by atoms with van der Waals surface area (Å²) < 4.78 is 79.5. The molecule has 0 heterocycles. The Balaban J connectivity index is 2.92. The summed E-state index contributed by atoms with van der Waals surface area (Å²) in [6.07, 6.45) is -9.91. The van der Waals surface area contributed by atoms with Crippen LogP contribution in [0, 0.1) is 0 Å². The van der Waals surface area contributed by atoms with E-state index in [9.17, 15) is 35.9 Å². The number of carbonyl (C=O) groups is 2. The van der Waals surface area contributed by atoms with E-state index in [1.807, 2.05) is 0 Å². The number of carbonyl (C=O) groups excluding carboxylic acids is 2. The SMILES string of the molecule is O=Cc1cc(-c2ccc(Cl)cc2C(F)(F)F)c(C(F)(F)F)cc1C=O. The lowest BCUT2D eigenvalue weighted by Crippen LogP contribution is -2.13. The molecule has 0 N–H and O–H groups in total. The molecule has 0 atom stereocenters. The van der Waals surface area contributed by atoms with Crippen LogP contribution in [-0.4, -0.2) is 12.6 Å². The minimum Gasteiger partial charge on any atom is -0.298 e. The molecule has 0 unspecified atom stereocenters. The zero-order valence-electron chi connectivity index (χ0n) is 12.0. The Hall–Kier alpha value is -2.35. The van der Waals surface area contributed by atoms with Gasteiger partial charge in [0.1, 0.15) is 0 Å². The predicted octanol–water partition coefficient (Wildman–Crippen LogP) is 5.67. The van der Waals surface area contributed by atoms with Gasteiger partial charge in [-0.15, -0.1) is 0 Å². The highest BCUT2D eigenvalue weighted by atomic mass is 35.5. The van der Waals surface area contributed by atoms with Gasteiger partial charge in [0.25, 0.3) is 0 Å². The summed E-state index contributed by atoms with van der Waals surface area (Å²) in [5, 5.41) is -0.315. The third-order valence-corrected chi connectivity index (χ3v) is 3.59. The van der Waals surface area contributed by atoms with E-state index in [1.54, 1.807) is 0 Å². The van der Waals surface area contributed by atoms with E-state index in [2.05, 4.69) is 0 Å². The Morgan fingerprint density at radius 2 is 1.20 bits per heavy atom. The first-order valence-electron chi connectivity index (χ1n) is 6.51. The summed E-state index contributed by atoms with van der Waals surface area (Å²) in [4.78, 5) is 21.8. The van der Waals surface area contributed by atoms with E-state index in [4.69, 9.17) is 11.6 Å². The first-order chi connectivity index (χ1) is 11.5. The summed E-state index contributed by atoms with van der Waals surface area (Å²) in [5.74, 6) is 0. The molecule has 0 saturated heterocycles. The van der Waals surface area contributed by atoms with Crippen LogP contribution in [-0.2, 0) is 12.4 Å². The highest BCUT2D eigenvalue weighted by molar-refractivity contribution is 6.30. The van der Waals surface area contributed by atoms with Crippen LogP contribution in [0.3, 0.4) is 0 Å². The second kappa shape index (κ2) is 6.51. The summed E-state index contributed by atoms with van der Waals surface area (Å²) in [7, 11) is 0. The molecule has 0 aliphatic rings. The van der Waals surface area contributed by atoms with Crippen molar-refractivity contribution in [2.45, 2.75) is 12.4 Å². The van der Waals surface area contributed by atoms with Crippen molar-refractivity contribution in [3.05, 3.63) is 57.6 Å². The number of aldehydes is 2. The molecule has 0 amide bonds. The molecular weight excluding hydrogens is 374 g/mol. The van der Waals surface area contributed by atoms with E-state index in [0.29, 0.717) is 18.2 Å². The normalized spacial score (nSPS) is 12.1. The van der Waals surface area contributed by atoms with Crippen molar-refractivity contribution in [1.82, 2.24) is 0 Å². The lowest BCUT2D eigenvalue weighted by molar-refractivity contribution is -0.139. The molecule has 0 aliphatic carbocycles. The maximum atomic E-state index is 13.3. The van der Waals surface area contributed by atoms with Gasteiger partial charge in [0.05, 0.1) is 11.1 Å². The molecule has 2 aromatic rings. The summed E-state index contributed by atoms with van der Waals surface area (Å²) in [6.45, 7) is 0. The van der Waals surface area contributed by atoms with Gasteiger partial charge >= 0.3 is 12.4 Å². The Morgan fingerprint density at radius 1 is 0.720 bits per heavy atom. The van der Waals surface area contributed by atoms with Gasteiger partial charge in [0.2, 0.25) is 0 Å². The van der Waals surface area contributed by atoms with Crippen molar-refractivity contribution >= 4 is 24.2 Å². The maximum Gasteiger partial charge on any atom is 0.417 e. The lowest BCUT2D eigenvalue weighted by atomic mass is 9.91. The topological polar surface area (TPSA) is 34.1 Å². The Kier molecular flexibility index (Phi) is 4.94. The molecule has 25 heavy (non-hydrogen) atoms.